The molecular weight excluding hydrogens is 358 g/mol. The first-order chi connectivity index (χ1) is 13.5. The molecule has 0 bridgehead atoms. The molecule has 0 aromatic carbocycles. The maximum absolute atomic E-state index is 11.9. The third kappa shape index (κ3) is 7.12. The average molecular weight is 394 g/mol. The molecule has 2 N–H and O–H groups in total. The molecule has 2 heterocycles. The van der Waals surface area contributed by atoms with Crippen molar-refractivity contribution in [1.82, 2.24) is 30.0 Å². The Morgan fingerprint density at radius 2 is 2.04 bits per heavy atom. The number of amides is 1. The summed E-state index contributed by atoms with van der Waals surface area (Å²) in [5.41, 5.74) is 0. The molecule has 1 aliphatic heterocycles. The van der Waals surface area contributed by atoms with E-state index < -0.39 is 0 Å². The van der Waals surface area contributed by atoms with E-state index >= 15 is 0 Å². The molecule has 0 unspecified atom stereocenters. The highest BCUT2D eigenvalue weighted by atomic mass is 16.5. The average Bonchev–Trinajstić information content (AvgIpc) is 3.10. The lowest BCUT2D eigenvalue weighted by atomic mass is 10.2. The van der Waals surface area contributed by atoms with Crippen LogP contribution in [0.3, 0.4) is 0 Å². The third-order valence-electron chi connectivity index (χ3n) is 4.65. The number of aliphatic imine (C=N–C) groups is 1. The summed E-state index contributed by atoms with van der Waals surface area (Å²) in [7, 11) is 3.43. The van der Waals surface area contributed by atoms with Crippen LogP contribution in [0.15, 0.2) is 17.4 Å². The Hall–Kier alpha value is -2.13. The Balaban J connectivity index is 1.76. The van der Waals surface area contributed by atoms with Crippen molar-refractivity contribution in [2.24, 2.45) is 10.9 Å². The minimum Gasteiger partial charge on any atom is -0.383 e. The molecule has 0 atom stereocenters. The van der Waals surface area contributed by atoms with Gasteiger partial charge < -0.3 is 24.8 Å². The normalized spacial score (nSPS) is 15.9. The van der Waals surface area contributed by atoms with E-state index in [1.54, 1.807) is 14.2 Å². The maximum atomic E-state index is 11.9. The van der Waals surface area contributed by atoms with Crippen molar-refractivity contribution in [3.8, 4) is 0 Å². The first-order valence-corrected chi connectivity index (χ1v) is 9.97. The fraction of sp³-hybridized carbons (Fsp3) is 0.737. The largest absolute Gasteiger partial charge is 0.383 e. The standard InChI is InChI=1S/C19H35N7O2/c1-16(2)14-26-7-5-21-17(26)13-23-19(20-3)25-10-8-24(9-11-25)15-18(27)22-6-12-28-4/h5,7,16H,6,8-15H2,1-4H3,(H,20,23)(H,22,27). The number of hydrogen-bond acceptors (Lipinski definition) is 5. The van der Waals surface area contributed by atoms with Gasteiger partial charge in [-0.2, -0.15) is 0 Å². The highest BCUT2D eigenvalue weighted by Crippen LogP contribution is 2.05. The molecule has 1 aromatic rings. The molecule has 9 nitrogen and oxygen atoms in total. The van der Waals surface area contributed by atoms with Gasteiger partial charge in [0, 0.05) is 65.8 Å². The number of guanidine groups is 1. The second-order valence-corrected chi connectivity index (χ2v) is 7.40. The lowest BCUT2D eigenvalue weighted by Crippen LogP contribution is -2.54. The van der Waals surface area contributed by atoms with Gasteiger partial charge in [-0.3, -0.25) is 14.7 Å². The van der Waals surface area contributed by atoms with Crippen molar-refractivity contribution < 1.29 is 9.53 Å². The zero-order valence-corrected chi connectivity index (χ0v) is 17.6. The fourth-order valence-electron chi connectivity index (χ4n) is 3.23. The Kier molecular flexibility index (Phi) is 9.22. The van der Waals surface area contributed by atoms with E-state index in [9.17, 15) is 4.79 Å². The summed E-state index contributed by atoms with van der Waals surface area (Å²) in [6.07, 6.45) is 3.87. The second-order valence-electron chi connectivity index (χ2n) is 7.40. The summed E-state index contributed by atoms with van der Waals surface area (Å²) >= 11 is 0. The predicted octanol–water partition coefficient (Wildman–Crippen LogP) is -0.00530. The molecule has 0 spiro atoms. The number of nitrogens with one attached hydrogen (secondary N) is 2. The quantitative estimate of drug-likeness (QED) is 0.349. The highest BCUT2D eigenvalue weighted by molar-refractivity contribution is 5.80. The number of piperazine rings is 1. The number of carbonyl (C=O) groups is 1. The Labute approximate surface area is 168 Å². The second kappa shape index (κ2) is 11.7. The molecule has 1 aromatic heterocycles. The number of imidazole rings is 1. The van der Waals surface area contributed by atoms with Gasteiger partial charge in [0.25, 0.3) is 0 Å². The van der Waals surface area contributed by atoms with Crippen molar-refractivity contribution in [3.05, 3.63) is 18.2 Å². The van der Waals surface area contributed by atoms with Crippen LogP contribution in [0, 0.1) is 5.92 Å². The van der Waals surface area contributed by atoms with Gasteiger partial charge in [-0.05, 0) is 5.92 Å². The lowest BCUT2D eigenvalue weighted by molar-refractivity contribution is -0.122. The van der Waals surface area contributed by atoms with E-state index in [-0.39, 0.29) is 5.91 Å². The van der Waals surface area contributed by atoms with Gasteiger partial charge in [0.15, 0.2) is 5.96 Å². The summed E-state index contributed by atoms with van der Waals surface area (Å²) < 4.78 is 7.14. The van der Waals surface area contributed by atoms with E-state index in [1.165, 1.54) is 0 Å². The monoisotopic (exact) mass is 393 g/mol. The number of nitrogens with zero attached hydrogens (tertiary/aromatic N) is 5. The molecule has 1 aliphatic rings. The van der Waals surface area contributed by atoms with Crippen molar-refractivity contribution >= 4 is 11.9 Å². The Morgan fingerprint density at radius 3 is 2.68 bits per heavy atom. The topological polar surface area (TPSA) is 87.0 Å². The van der Waals surface area contributed by atoms with Crippen molar-refractivity contribution in [2.75, 3.05) is 60.0 Å². The van der Waals surface area contributed by atoms with Crippen LogP contribution in [0.1, 0.15) is 19.7 Å². The molecule has 1 amide bonds. The van der Waals surface area contributed by atoms with Gasteiger partial charge >= 0.3 is 0 Å². The van der Waals surface area contributed by atoms with Crippen LogP contribution in [-0.4, -0.2) is 91.3 Å². The number of hydrogen-bond donors (Lipinski definition) is 2. The molecule has 9 heteroatoms. The zero-order valence-electron chi connectivity index (χ0n) is 17.6. The maximum Gasteiger partial charge on any atom is 0.234 e. The van der Waals surface area contributed by atoms with Gasteiger partial charge in [0.1, 0.15) is 5.82 Å². The zero-order chi connectivity index (χ0) is 20.4. The Bertz CT molecular complexity index is 622. The van der Waals surface area contributed by atoms with Crippen LogP contribution < -0.4 is 10.6 Å². The van der Waals surface area contributed by atoms with E-state index in [0.717, 1.165) is 44.5 Å². The Morgan fingerprint density at radius 1 is 1.29 bits per heavy atom. The first kappa shape index (κ1) is 22.2. The summed E-state index contributed by atoms with van der Waals surface area (Å²) in [5.74, 6) is 2.52. The minimum atomic E-state index is 0.0463. The lowest BCUT2D eigenvalue weighted by Gasteiger charge is -2.36. The molecule has 1 saturated heterocycles. The number of rotatable bonds is 9. The van der Waals surface area contributed by atoms with Gasteiger partial charge in [-0.1, -0.05) is 13.8 Å². The summed E-state index contributed by atoms with van der Waals surface area (Å²) in [6.45, 7) is 10.9. The summed E-state index contributed by atoms with van der Waals surface area (Å²) in [6, 6.07) is 0. The van der Waals surface area contributed by atoms with Crippen LogP contribution in [0.25, 0.3) is 0 Å². The molecular formula is C19H35N7O2. The van der Waals surface area contributed by atoms with Crippen LogP contribution in [0.5, 0.6) is 0 Å². The smallest absolute Gasteiger partial charge is 0.234 e. The van der Waals surface area contributed by atoms with E-state index in [2.05, 4.69) is 48.8 Å². The molecule has 158 valence electrons. The van der Waals surface area contributed by atoms with Crippen LogP contribution >= 0.6 is 0 Å². The molecule has 0 radical (unpaired) electrons. The van der Waals surface area contributed by atoms with E-state index in [0.29, 0.717) is 32.2 Å². The van der Waals surface area contributed by atoms with E-state index in [1.807, 2.05) is 12.4 Å². The first-order valence-electron chi connectivity index (χ1n) is 9.97. The number of carbonyl (C=O) groups excluding carboxylic acids is 1. The summed E-state index contributed by atoms with van der Waals surface area (Å²) in [5, 5.41) is 6.29. The van der Waals surface area contributed by atoms with Gasteiger partial charge in [-0.25, -0.2) is 4.98 Å². The molecule has 2 rings (SSSR count). The van der Waals surface area contributed by atoms with E-state index in [4.69, 9.17) is 4.74 Å². The van der Waals surface area contributed by atoms with Gasteiger partial charge in [0.05, 0.1) is 19.7 Å². The molecule has 0 aliphatic carbocycles. The fourth-order valence-corrected chi connectivity index (χ4v) is 3.23. The molecule has 1 fully saturated rings. The van der Waals surface area contributed by atoms with Crippen LogP contribution in [-0.2, 0) is 22.6 Å². The SMILES string of the molecule is CN=C(NCc1nccn1CC(C)C)N1CCN(CC(=O)NCCOC)CC1. The predicted molar refractivity (Wildman–Crippen MR) is 110 cm³/mol. The van der Waals surface area contributed by atoms with Crippen LogP contribution in [0.4, 0.5) is 0 Å². The third-order valence-corrected chi connectivity index (χ3v) is 4.65. The highest BCUT2D eigenvalue weighted by Gasteiger charge is 2.21. The molecule has 0 saturated carbocycles. The van der Waals surface area contributed by atoms with Crippen LogP contribution in [0.2, 0.25) is 0 Å². The summed E-state index contributed by atoms with van der Waals surface area (Å²) in [4.78, 5) is 25.2. The van der Waals surface area contributed by atoms with Crippen molar-refractivity contribution in [2.45, 2.75) is 26.9 Å². The number of aromatic nitrogens is 2. The molecule has 28 heavy (non-hydrogen) atoms. The number of methoxy groups -OCH3 is 1. The number of ether oxygens (including phenoxy) is 1. The van der Waals surface area contributed by atoms with Gasteiger partial charge in [-0.15, -0.1) is 0 Å². The van der Waals surface area contributed by atoms with Gasteiger partial charge in [0.2, 0.25) is 5.91 Å². The minimum absolute atomic E-state index is 0.0463. The van der Waals surface area contributed by atoms with Crippen molar-refractivity contribution in [1.29, 1.82) is 0 Å². The van der Waals surface area contributed by atoms with Crippen molar-refractivity contribution in [3.63, 3.8) is 0 Å².